The average molecular weight is 311 g/mol. The van der Waals surface area contributed by atoms with E-state index in [0.717, 1.165) is 19.5 Å². The first-order valence-corrected chi connectivity index (χ1v) is 6.23. The number of hydrogen-bond acceptors (Lipinski definition) is 1. The van der Waals surface area contributed by atoms with Gasteiger partial charge >= 0.3 is 0 Å². The summed E-state index contributed by atoms with van der Waals surface area (Å²) >= 11 is 7.05. The smallest absolute Gasteiger partial charge is 0.230 e. The van der Waals surface area contributed by atoms with Crippen LogP contribution in [-0.4, -0.2) is 27.1 Å². The van der Waals surface area contributed by atoms with Gasteiger partial charge in [0, 0.05) is 13.1 Å². The zero-order chi connectivity index (χ0) is 9.69. The number of nitrogens with zero attached hydrogens (tertiary/aromatic N) is 1. The van der Waals surface area contributed by atoms with E-state index in [2.05, 4.69) is 31.9 Å². The van der Waals surface area contributed by atoms with Crippen LogP contribution >= 0.6 is 31.9 Å². The minimum atomic E-state index is -0.211. The van der Waals surface area contributed by atoms with Gasteiger partial charge in [-0.1, -0.05) is 31.9 Å². The minimum Gasteiger partial charge on any atom is -0.342 e. The van der Waals surface area contributed by atoms with Gasteiger partial charge in [0.25, 0.3) is 0 Å². The first-order valence-electron chi connectivity index (χ1n) is 4.65. The summed E-state index contributed by atoms with van der Waals surface area (Å²) < 4.78 is -0.132. The second-order valence-corrected chi connectivity index (χ2v) is 7.98. The van der Waals surface area contributed by atoms with Crippen molar-refractivity contribution in [2.45, 2.75) is 29.4 Å². The zero-order valence-corrected chi connectivity index (χ0v) is 10.8. The molecule has 2 nitrogen and oxygen atoms in total. The van der Waals surface area contributed by atoms with Gasteiger partial charge in [0.1, 0.15) is 0 Å². The van der Waals surface area contributed by atoms with Gasteiger partial charge in [0.05, 0.1) is 8.65 Å². The molecular formula is C9H13Br2NO. The normalized spacial score (nSPS) is 36.4. The molecule has 2 fully saturated rings. The first kappa shape index (κ1) is 9.97. The SMILES string of the molecule is CC1(C(=O)N2CCCC2)CC1(Br)Br. The minimum absolute atomic E-state index is 0.132. The molecule has 0 aromatic carbocycles. The van der Waals surface area contributed by atoms with Crippen molar-refractivity contribution in [2.24, 2.45) is 5.41 Å². The fourth-order valence-electron chi connectivity index (χ4n) is 1.90. The predicted molar refractivity (Wildman–Crippen MR) is 59.1 cm³/mol. The summed E-state index contributed by atoms with van der Waals surface area (Å²) in [5, 5.41) is 0. The molecule has 1 aliphatic heterocycles. The average Bonchev–Trinajstić information content (AvgIpc) is 2.55. The third-order valence-electron chi connectivity index (χ3n) is 3.12. The van der Waals surface area contributed by atoms with E-state index >= 15 is 0 Å². The number of hydrogen-bond donors (Lipinski definition) is 0. The lowest BCUT2D eigenvalue weighted by Crippen LogP contribution is -2.35. The Balaban J connectivity index is 2.06. The van der Waals surface area contributed by atoms with E-state index in [1.165, 1.54) is 12.8 Å². The van der Waals surface area contributed by atoms with Crippen molar-refractivity contribution in [1.29, 1.82) is 0 Å². The Hall–Kier alpha value is 0.430. The summed E-state index contributed by atoms with van der Waals surface area (Å²) in [7, 11) is 0. The van der Waals surface area contributed by atoms with Crippen LogP contribution in [0.1, 0.15) is 26.2 Å². The van der Waals surface area contributed by atoms with Crippen molar-refractivity contribution in [2.75, 3.05) is 13.1 Å². The molecule has 2 rings (SSSR count). The molecule has 0 aromatic heterocycles. The van der Waals surface area contributed by atoms with Crippen LogP contribution in [0.5, 0.6) is 0 Å². The van der Waals surface area contributed by atoms with Crippen LogP contribution in [0.3, 0.4) is 0 Å². The highest BCUT2D eigenvalue weighted by Crippen LogP contribution is 2.67. The molecule has 0 spiro atoms. The Kier molecular flexibility index (Phi) is 2.27. The van der Waals surface area contributed by atoms with Crippen molar-refractivity contribution in [3.63, 3.8) is 0 Å². The maximum Gasteiger partial charge on any atom is 0.230 e. The van der Waals surface area contributed by atoms with Gasteiger partial charge in [-0.3, -0.25) is 4.79 Å². The van der Waals surface area contributed by atoms with Gasteiger partial charge in [0.2, 0.25) is 5.91 Å². The van der Waals surface area contributed by atoms with Crippen molar-refractivity contribution >= 4 is 37.8 Å². The number of likely N-dealkylation sites (tertiary alicyclic amines) is 1. The third kappa shape index (κ3) is 1.46. The molecule has 4 heteroatoms. The zero-order valence-electron chi connectivity index (χ0n) is 7.65. The molecule has 2 aliphatic rings. The maximum atomic E-state index is 12.0. The Labute approximate surface area is 95.3 Å². The summed E-state index contributed by atoms with van der Waals surface area (Å²) in [6, 6.07) is 0. The van der Waals surface area contributed by atoms with Crippen LogP contribution in [0.4, 0.5) is 0 Å². The highest BCUT2D eigenvalue weighted by molar-refractivity contribution is 9.25. The van der Waals surface area contributed by atoms with Crippen molar-refractivity contribution in [3.05, 3.63) is 0 Å². The molecule has 0 aromatic rings. The molecule has 0 N–H and O–H groups in total. The first-order chi connectivity index (χ1) is 5.97. The molecule has 1 heterocycles. The van der Waals surface area contributed by atoms with E-state index < -0.39 is 0 Å². The fraction of sp³-hybridized carbons (Fsp3) is 0.889. The van der Waals surface area contributed by atoms with Gasteiger partial charge < -0.3 is 4.90 Å². The molecule has 1 amide bonds. The Morgan fingerprint density at radius 1 is 1.31 bits per heavy atom. The lowest BCUT2D eigenvalue weighted by atomic mass is 10.1. The second-order valence-electron chi connectivity index (χ2n) is 4.21. The lowest BCUT2D eigenvalue weighted by molar-refractivity contribution is -0.135. The van der Waals surface area contributed by atoms with Gasteiger partial charge in [-0.05, 0) is 26.2 Å². The van der Waals surface area contributed by atoms with E-state index in [4.69, 9.17) is 0 Å². The summed E-state index contributed by atoms with van der Waals surface area (Å²) in [5.74, 6) is 0.304. The third-order valence-corrected chi connectivity index (χ3v) is 5.43. The molecule has 1 aliphatic carbocycles. The van der Waals surface area contributed by atoms with E-state index in [1.807, 2.05) is 11.8 Å². The van der Waals surface area contributed by atoms with Crippen LogP contribution in [0.25, 0.3) is 0 Å². The van der Waals surface area contributed by atoms with E-state index in [1.54, 1.807) is 0 Å². The standard InChI is InChI=1S/C9H13Br2NO/c1-8(6-9(8,10)11)7(13)12-4-2-3-5-12/h2-6H2,1H3. The van der Waals surface area contributed by atoms with Crippen LogP contribution in [-0.2, 0) is 4.79 Å². The molecule has 1 saturated carbocycles. The van der Waals surface area contributed by atoms with Gasteiger partial charge in [-0.15, -0.1) is 0 Å². The van der Waals surface area contributed by atoms with E-state index in [-0.39, 0.29) is 8.65 Å². The number of amides is 1. The Morgan fingerprint density at radius 3 is 2.15 bits per heavy atom. The molecular weight excluding hydrogens is 298 g/mol. The number of rotatable bonds is 1. The summed E-state index contributed by atoms with van der Waals surface area (Å²) in [6.45, 7) is 3.92. The van der Waals surface area contributed by atoms with Gasteiger partial charge in [-0.25, -0.2) is 0 Å². The number of alkyl halides is 2. The van der Waals surface area contributed by atoms with Crippen LogP contribution < -0.4 is 0 Å². The van der Waals surface area contributed by atoms with Crippen LogP contribution in [0.2, 0.25) is 0 Å². The predicted octanol–water partition coefficient (Wildman–Crippen LogP) is 2.50. The van der Waals surface area contributed by atoms with Crippen molar-refractivity contribution in [1.82, 2.24) is 4.90 Å². The Morgan fingerprint density at radius 2 is 1.77 bits per heavy atom. The molecule has 13 heavy (non-hydrogen) atoms. The Bertz CT molecular complexity index is 248. The summed E-state index contributed by atoms with van der Waals surface area (Å²) in [5.41, 5.74) is -0.211. The quantitative estimate of drug-likeness (QED) is 0.682. The highest BCUT2D eigenvalue weighted by atomic mass is 79.9. The van der Waals surface area contributed by atoms with Gasteiger partial charge in [0.15, 0.2) is 0 Å². The van der Waals surface area contributed by atoms with E-state index in [9.17, 15) is 4.79 Å². The topological polar surface area (TPSA) is 20.3 Å². The van der Waals surface area contributed by atoms with Crippen molar-refractivity contribution < 1.29 is 4.79 Å². The second kappa shape index (κ2) is 2.96. The molecule has 1 saturated heterocycles. The summed E-state index contributed by atoms with van der Waals surface area (Å²) in [4.78, 5) is 14.0. The molecule has 1 atom stereocenters. The number of carbonyl (C=O) groups excluding carboxylic acids is 1. The van der Waals surface area contributed by atoms with Gasteiger partial charge in [-0.2, -0.15) is 0 Å². The number of halogens is 2. The van der Waals surface area contributed by atoms with Crippen LogP contribution in [0, 0.1) is 5.41 Å². The highest BCUT2D eigenvalue weighted by Gasteiger charge is 2.67. The van der Waals surface area contributed by atoms with Crippen LogP contribution in [0.15, 0.2) is 0 Å². The van der Waals surface area contributed by atoms with Crippen molar-refractivity contribution in [3.8, 4) is 0 Å². The van der Waals surface area contributed by atoms with E-state index in [0.29, 0.717) is 5.91 Å². The summed E-state index contributed by atoms with van der Waals surface area (Å²) in [6.07, 6.45) is 3.23. The molecule has 0 radical (unpaired) electrons. The largest absolute Gasteiger partial charge is 0.342 e. The number of carbonyl (C=O) groups is 1. The lowest BCUT2D eigenvalue weighted by Gasteiger charge is -2.21. The monoisotopic (exact) mass is 309 g/mol. The molecule has 1 unspecified atom stereocenters. The fourth-order valence-corrected chi connectivity index (χ4v) is 3.36. The molecule has 74 valence electrons. The molecule has 0 bridgehead atoms. The maximum absolute atomic E-state index is 12.0.